The second kappa shape index (κ2) is 5.17. The first-order chi connectivity index (χ1) is 10.3. The molecule has 3 heteroatoms. The predicted molar refractivity (Wildman–Crippen MR) is 86.3 cm³/mol. The van der Waals surface area contributed by atoms with Gasteiger partial charge in [0, 0.05) is 43.8 Å². The Balaban J connectivity index is 1.85. The number of nitrogens with two attached hydrogens (primary N) is 1. The Bertz CT molecular complexity index is 638. The fraction of sp³-hybridized carbons (Fsp3) is 0.333. The molecule has 2 aliphatic rings. The zero-order valence-corrected chi connectivity index (χ0v) is 12.1. The summed E-state index contributed by atoms with van der Waals surface area (Å²) in [4.78, 5) is 2.59. The lowest BCUT2D eigenvalue weighted by molar-refractivity contribution is 0.144. The van der Waals surface area contributed by atoms with Crippen LogP contribution in [0.2, 0.25) is 0 Å². The molecule has 1 fully saturated rings. The Hall–Kier alpha value is -1.84. The first-order valence-electron chi connectivity index (χ1n) is 7.72. The Morgan fingerprint density at radius 1 is 1.05 bits per heavy atom. The van der Waals surface area contributed by atoms with E-state index in [2.05, 4.69) is 52.7 Å². The van der Waals surface area contributed by atoms with E-state index < -0.39 is 0 Å². The average molecular weight is 279 g/mol. The van der Waals surface area contributed by atoms with Gasteiger partial charge in [-0.25, -0.2) is 0 Å². The molecular formula is C18H21N3. The topological polar surface area (TPSA) is 41.3 Å². The highest BCUT2D eigenvalue weighted by atomic mass is 15.2. The van der Waals surface area contributed by atoms with Crippen LogP contribution >= 0.6 is 0 Å². The minimum atomic E-state index is 0.426. The van der Waals surface area contributed by atoms with Crippen molar-refractivity contribution in [3.63, 3.8) is 0 Å². The van der Waals surface area contributed by atoms with Gasteiger partial charge in [0.25, 0.3) is 0 Å². The van der Waals surface area contributed by atoms with Crippen molar-refractivity contribution in [3.8, 4) is 0 Å². The van der Waals surface area contributed by atoms with Gasteiger partial charge in [0.15, 0.2) is 0 Å². The summed E-state index contributed by atoms with van der Waals surface area (Å²) >= 11 is 0. The van der Waals surface area contributed by atoms with Gasteiger partial charge in [-0.15, -0.1) is 0 Å². The maximum atomic E-state index is 6.33. The summed E-state index contributed by atoms with van der Waals surface area (Å²) < 4.78 is 0. The van der Waals surface area contributed by atoms with E-state index in [0.717, 1.165) is 31.9 Å². The van der Waals surface area contributed by atoms with Gasteiger partial charge in [-0.2, -0.15) is 0 Å². The van der Waals surface area contributed by atoms with Crippen LogP contribution in [0.4, 0.5) is 5.69 Å². The van der Waals surface area contributed by atoms with Crippen molar-refractivity contribution in [1.29, 1.82) is 0 Å². The maximum absolute atomic E-state index is 6.33. The molecule has 0 unspecified atom stereocenters. The highest BCUT2D eigenvalue weighted by Gasteiger charge is 2.36. The fourth-order valence-corrected chi connectivity index (χ4v) is 3.84. The van der Waals surface area contributed by atoms with Crippen LogP contribution in [0.3, 0.4) is 0 Å². The predicted octanol–water partition coefficient (Wildman–Crippen LogP) is 2.36. The van der Waals surface area contributed by atoms with Gasteiger partial charge >= 0.3 is 0 Å². The van der Waals surface area contributed by atoms with Crippen LogP contribution in [0.1, 0.15) is 28.7 Å². The standard InChI is InChI=1S/C18H21N3/c19-16-8-4-7-14-15(13-5-2-1-3-6-13)12-21-10-9-20-11-17(21)18(14)16/h1-8,15,17,20H,9-12,19H2/t15-,17+/m1/s1. The second-order valence-corrected chi connectivity index (χ2v) is 6.03. The van der Waals surface area contributed by atoms with Crippen molar-refractivity contribution in [2.75, 3.05) is 31.9 Å². The molecule has 2 aliphatic heterocycles. The monoisotopic (exact) mass is 279 g/mol. The molecular weight excluding hydrogens is 258 g/mol. The molecule has 0 saturated carbocycles. The number of hydrogen-bond donors (Lipinski definition) is 2. The molecule has 0 bridgehead atoms. The molecule has 21 heavy (non-hydrogen) atoms. The Morgan fingerprint density at radius 3 is 2.76 bits per heavy atom. The zero-order valence-electron chi connectivity index (χ0n) is 12.1. The summed E-state index contributed by atoms with van der Waals surface area (Å²) in [6.07, 6.45) is 0. The molecule has 108 valence electrons. The molecule has 3 nitrogen and oxygen atoms in total. The first kappa shape index (κ1) is 12.9. The Morgan fingerprint density at radius 2 is 1.90 bits per heavy atom. The second-order valence-electron chi connectivity index (χ2n) is 6.03. The molecule has 2 heterocycles. The summed E-state index contributed by atoms with van der Waals surface area (Å²) in [6, 6.07) is 17.6. The van der Waals surface area contributed by atoms with Crippen LogP contribution in [0.25, 0.3) is 0 Å². The average Bonchev–Trinajstić information content (AvgIpc) is 2.55. The van der Waals surface area contributed by atoms with Gasteiger partial charge in [0.1, 0.15) is 0 Å². The van der Waals surface area contributed by atoms with Gasteiger partial charge in [-0.3, -0.25) is 4.90 Å². The Kier molecular flexibility index (Phi) is 3.17. The summed E-state index contributed by atoms with van der Waals surface area (Å²) in [5.74, 6) is 0.430. The third kappa shape index (κ3) is 2.13. The van der Waals surface area contributed by atoms with Crippen molar-refractivity contribution >= 4 is 5.69 Å². The number of hydrogen-bond acceptors (Lipinski definition) is 3. The quantitative estimate of drug-likeness (QED) is 0.787. The highest BCUT2D eigenvalue weighted by molar-refractivity contribution is 5.57. The van der Waals surface area contributed by atoms with Crippen molar-refractivity contribution in [2.45, 2.75) is 12.0 Å². The number of nitrogen functional groups attached to an aromatic ring is 1. The van der Waals surface area contributed by atoms with E-state index in [0.29, 0.717) is 12.0 Å². The number of nitrogens with one attached hydrogen (secondary N) is 1. The van der Waals surface area contributed by atoms with E-state index in [-0.39, 0.29) is 0 Å². The lowest BCUT2D eigenvalue weighted by atomic mass is 9.80. The summed E-state index contributed by atoms with van der Waals surface area (Å²) in [5.41, 5.74) is 11.4. The van der Waals surface area contributed by atoms with Crippen molar-refractivity contribution in [1.82, 2.24) is 10.2 Å². The summed E-state index contributed by atoms with van der Waals surface area (Å²) in [5, 5.41) is 3.51. The number of nitrogens with zero attached hydrogens (tertiary/aromatic N) is 1. The summed E-state index contributed by atoms with van der Waals surface area (Å²) in [7, 11) is 0. The largest absolute Gasteiger partial charge is 0.398 e. The van der Waals surface area contributed by atoms with Crippen LogP contribution in [-0.2, 0) is 0 Å². The SMILES string of the molecule is Nc1cccc2c1[C@@H]1CNCCN1C[C@@H]2c1ccccc1. The molecule has 1 saturated heterocycles. The van der Waals surface area contributed by atoms with Gasteiger partial charge in [-0.05, 0) is 22.8 Å². The van der Waals surface area contributed by atoms with Gasteiger partial charge in [0.2, 0.25) is 0 Å². The number of rotatable bonds is 1. The van der Waals surface area contributed by atoms with E-state index in [1.165, 1.54) is 16.7 Å². The minimum Gasteiger partial charge on any atom is -0.398 e. The Labute approximate surface area is 125 Å². The van der Waals surface area contributed by atoms with Crippen LogP contribution in [0.15, 0.2) is 48.5 Å². The molecule has 4 rings (SSSR count). The molecule has 2 aromatic rings. The number of anilines is 1. The lowest BCUT2D eigenvalue weighted by Crippen LogP contribution is -2.50. The minimum absolute atomic E-state index is 0.426. The van der Waals surface area contributed by atoms with E-state index in [9.17, 15) is 0 Å². The van der Waals surface area contributed by atoms with Crippen LogP contribution < -0.4 is 11.1 Å². The smallest absolute Gasteiger partial charge is 0.0496 e. The lowest BCUT2D eigenvalue weighted by Gasteiger charge is -2.44. The molecule has 0 aromatic heterocycles. The number of piperazine rings is 1. The molecule has 3 N–H and O–H groups in total. The van der Waals surface area contributed by atoms with Crippen molar-refractivity contribution in [3.05, 3.63) is 65.2 Å². The third-order valence-electron chi connectivity index (χ3n) is 4.86. The molecule has 0 radical (unpaired) electrons. The maximum Gasteiger partial charge on any atom is 0.0496 e. The van der Waals surface area contributed by atoms with Crippen LogP contribution in [-0.4, -0.2) is 31.1 Å². The van der Waals surface area contributed by atoms with Crippen LogP contribution in [0, 0.1) is 0 Å². The van der Waals surface area contributed by atoms with Gasteiger partial charge in [0.05, 0.1) is 0 Å². The third-order valence-corrected chi connectivity index (χ3v) is 4.86. The summed E-state index contributed by atoms with van der Waals surface area (Å²) in [6.45, 7) is 4.26. The molecule has 0 amide bonds. The number of benzene rings is 2. The molecule has 0 aliphatic carbocycles. The van der Waals surface area contributed by atoms with E-state index in [4.69, 9.17) is 5.73 Å². The highest BCUT2D eigenvalue weighted by Crippen LogP contribution is 2.42. The zero-order chi connectivity index (χ0) is 14.2. The van der Waals surface area contributed by atoms with Crippen LogP contribution in [0.5, 0.6) is 0 Å². The van der Waals surface area contributed by atoms with E-state index in [1.807, 2.05) is 6.07 Å². The fourth-order valence-electron chi connectivity index (χ4n) is 3.84. The molecule has 2 atom stereocenters. The number of fused-ring (bicyclic) bond motifs is 3. The van der Waals surface area contributed by atoms with Gasteiger partial charge in [-0.1, -0.05) is 42.5 Å². The normalized spacial score (nSPS) is 25.1. The van der Waals surface area contributed by atoms with E-state index in [1.54, 1.807) is 0 Å². The van der Waals surface area contributed by atoms with E-state index >= 15 is 0 Å². The first-order valence-corrected chi connectivity index (χ1v) is 7.72. The van der Waals surface area contributed by atoms with Gasteiger partial charge < -0.3 is 11.1 Å². The molecule has 0 spiro atoms. The molecule has 2 aromatic carbocycles. The van der Waals surface area contributed by atoms with Crippen molar-refractivity contribution < 1.29 is 0 Å². The van der Waals surface area contributed by atoms with Crippen molar-refractivity contribution in [2.24, 2.45) is 0 Å².